The quantitative estimate of drug-likeness (QED) is 0.311. The van der Waals surface area contributed by atoms with E-state index in [1.54, 1.807) is 6.08 Å². The lowest BCUT2D eigenvalue weighted by molar-refractivity contribution is -0.489. The van der Waals surface area contributed by atoms with Crippen LogP contribution in [-0.2, 0) is 23.5 Å². The van der Waals surface area contributed by atoms with Crippen molar-refractivity contribution < 1.29 is 40.2 Å². The summed E-state index contributed by atoms with van der Waals surface area (Å²) in [5, 5.41) is 6.16. The van der Waals surface area contributed by atoms with Crippen LogP contribution in [0.2, 0.25) is 0 Å². The highest BCUT2D eigenvalue weighted by Crippen LogP contribution is 2.38. The Morgan fingerprint density at radius 1 is 0.870 bits per heavy atom. The van der Waals surface area contributed by atoms with Gasteiger partial charge in [0.05, 0.1) is 28.9 Å². The van der Waals surface area contributed by atoms with E-state index in [9.17, 15) is 35.6 Å². The van der Waals surface area contributed by atoms with Crippen molar-refractivity contribution >= 4 is 5.70 Å². The van der Waals surface area contributed by atoms with Gasteiger partial charge in [0.1, 0.15) is 5.82 Å². The zero-order chi connectivity index (χ0) is 32.6. The van der Waals surface area contributed by atoms with Gasteiger partial charge in [-0.1, -0.05) is 0 Å². The third-order valence-corrected chi connectivity index (χ3v) is 9.18. The molecule has 2 aromatic rings. The molecule has 0 radical (unpaired) electrons. The third kappa shape index (κ3) is 7.08. The summed E-state index contributed by atoms with van der Waals surface area (Å²) >= 11 is 0. The van der Waals surface area contributed by atoms with Crippen LogP contribution in [0, 0.1) is 10.7 Å². The Morgan fingerprint density at radius 3 is 2.11 bits per heavy atom. The van der Waals surface area contributed by atoms with Gasteiger partial charge in [0, 0.05) is 47.8 Å². The van der Waals surface area contributed by atoms with Crippen molar-refractivity contribution in [2.75, 3.05) is 39.4 Å². The van der Waals surface area contributed by atoms with Crippen molar-refractivity contribution in [1.82, 2.24) is 20.4 Å². The van der Waals surface area contributed by atoms with Crippen molar-refractivity contribution in [1.29, 1.82) is 0 Å². The molecule has 2 aromatic carbocycles. The van der Waals surface area contributed by atoms with Gasteiger partial charge in [-0.3, -0.25) is 10.2 Å². The molecule has 4 heterocycles. The van der Waals surface area contributed by atoms with Crippen LogP contribution < -0.4 is 10.6 Å². The van der Waals surface area contributed by atoms with Crippen molar-refractivity contribution in [3.8, 4) is 0 Å². The monoisotopic (exact) mass is 654 g/mol. The lowest BCUT2D eigenvalue weighted by atomic mass is 9.93. The first-order valence-corrected chi connectivity index (χ1v) is 15.4. The standard InChI is InChI=1S/C32H35F7N5O2/c33-24-5-3-21(4-6-24)27-17-29(43-11-7-25(8-12-43)42-9-1-2-10-42)46-30-26(18-40-19-41-30)28(44(27)45)15-20-13-22(31(34,35)36)16-23(14-20)32(37,38)39/h3-6,13-14,16-17,25,28-29,40-41H,1-2,7-12,15,18-19H2/q+1. The Hall–Kier alpha value is -3.49. The molecule has 4 aliphatic rings. The average Bonchev–Trinajstić information content (AvgIpc) is 3.56. The number of likely N-dealkylation sites (tertiary alicyclic amines) is 2. The zero-order valence-corrected chi connectivity index (χ0v) is 24.9. The number of rotatable bonds is 5. The Morgan fingerprint density at radius 2 is 1.50 bits per heavy atom. The molecule has 0 bridgehead atoms. The van der Waals surface area contributed by atoms with E-state index in [0.29, 0.717) is 47.2 Å². The summed E-state index contributed by atoms with van der Waals surface area (Å²) in [5.41, 5.74) is -2.46. The van der Waals surface area contributed by atoms with Crippen LogP contribution >= 0.6 is 0 Å². The fraction of sp³-hybridized carbons (Fsp3) is 0.500. The molecule has 248 valence electrons. The van der Waals surface area contributed by atoms with E-state index in [2.05, 4.69) is 20.4 Å². The number of hydrogen-bond acceptors (Lipinski definition) is 6. The van der Waals surface area contributed by atoms with Crippen molar-refractivity contribution in [2.45, 2.75) is 62.8 Å². The molecule has 0 aliphatic carbocycles. The minimum Gasteiger partial charge on any atom is -0.456 e. The van der Waals surface area contributed by atoms with Gasteiger partial charge in [-0.15, -0.1) is 0 Å². The average molecular weight is 655 g/mol. The predicted molar refractivity (Wildman–Crippen MR) is 155 cm³/mol. The van der Waals surface area contributed by atoms with E-state index in [-0.39, 0.29) is 36.4 Å². The summed E-state index contributed by atoms with van der Waals surface area (Å²) in [4.78, 5) is 19.0. The number of benzene rings is 2. The van der Waals surface area contributed by atoms with Crippen molar-refractivity contribution in [3.05, 3.63) is 93.0 Å². The summed E-state index contributed by atoms with van der Waals surface area (Å²) in [5.74, 6) is -0.274. The SMILES string of the molecule is O=[N+]1C(c2ccc(F)cc2)=CC(N2CCC(N3CCCC3)CC2)OC2=C(CNCN2)C1Cc1cc(C(F)(F)F)cc(C(F)(F)F)c1. The number of hydrogen-bond donors (Lipinski definition) is 2. The number of alkyl halides is 6. The number of nitrogens with zero attached hydrogens (tertiary/aromatic N) is 3. The number of nitrogens with one attached hydrogen (secondary N) is 2. The van der Waals surface area contributed by atoms with Crippen LogP contribution in [0.15, 0.2) is 60.0 Å². The number of ether oxygens (including phenoxy) is 1. The van der Waals surface area contributed by atoms with Gasteiger partial charge in [-0.2, -0.15) is 26.3 Å². The molecule has 0 amide bonds. The molecule has 4 aliphatic heterocycles. The first-order chi connectivity index (χ1) is 21.9. The summed E-state index contributed by atoms with van der Waals surface area (Å²) in [6.45, 7) is 3.92. The second kappa shape index (κ2) is 13.0. The molecule has 2 unspecified atom stereocenters. The third-order valence-electron chi connectivity index (χ3n) is 9.18. The maximum Gasteiger partial charge on any atom is 0.416 e. The molecule has 7 nitrogen and oxygen atoms in total. The van der Waals surface area contributed by atoms with Crippen LogP contribution in [-0.4, -0.2) is 72.3 Å². The second-order valence-corrected chi connectivity index (χ2v) is 12.2. The minimum absolute atomic E-state index is 0.0650. The topological polar surface area (TPSA) is 59.9 Å². The Labute approximate surface area is 261 Å². The van der Waals surface area contributed by atoms with Gasteiger partial charge in [0.15, 0.2) is 12.1 Å². The molecule has 14 heteroatoms. The second-order valence-electron chi connectivity index (χ2n) is 12.2. The maximum atomic E-state index is 14.4. The number of piperidine rings is 1. The van der Waals surface area contributed by atoms with Gasteiger partial charge < -0.3 is 15.0 Å². The molecule has 0 saturated carbocycles. The molecule has 2 atom stereocenters. The van der Waals surface area contributed by atoms with Crippen molar-refractivity contribution in [3.63, 3.8) is 0 Å². The Bertz CT molecular complexity index is 1460. The highest BCUT2D eigenvalue weighted by molar-refractivity contribution is 5.59. The molecule has 46 heavy (non-hydrogen) atoms. The van der Waals surface area contributed by atoms with Crippen LogP contribution in [0.3, 0.4) is 0 Å². The van der Waals surface area contributed by atoms with E-state index in [4.69, 9.17) is 4.74 Å². The summed E-state index contributed by atoms with van der Waals surface area (Å²) in [7, 11) is 0. The lowest BCUT2D eigenvalue weighted by Gasteiger charge is -2.40. The normalized spacial score (nSPS) is 24.2. The molecular formula is C32H35F7N5O2+. The summed E-state index contributed by atoms with van der Waals surface area (Å²) in [6.07, 6.45) is -5.47. The highest BCUT2D eigenvalue weighted by atomic mass is 19.4. The Kier molecular flexibility index (Phi) is 9.14. The fourth-order valence-electron chi connectivity index (χ4n) is 6.80. The van der Waals surface area contributed by atoms with Crippen LogP contribution in [0.1, 0.15) is 47.9 Å². The van der Waals surface area contributed by atoms with Gasteiger partial charge in [-0.25, -0.2) is 4.39 Å². The zero-order valence-electron chi connectivity index (χ0n) is 24.9. The van der Waals surface area contributed by atoms with E-state index in [1.165, 1.54) is 37.1 Å². The van der Waals surface area contributed by atoms with Crippen LogP contribution in [0.4, 0.5) is 30.7 Å². The molecule has 2 N–H and O–H groups in total. The van der Waals surface area contributed by atoms with E-state index in [1.807, 2.05) is 0 Å². The largest absolute Gasteiger partial charge is 0.456 e. The smallest absolute Gasteiger partial charge is 0.416 e. The fourth-order valence-corrected chi connectivity index (χ4v) is 6.80. The van der Waals surface area contributed by atoms with E-state index < -0.39 is 48.0 Å². The number of halogens is 7. The van der Waals surface area contributed by atoms with Gasteiger partial charge in [0.25, 0.3) is 5.70 Å². The first-order valence-electron chi connectivity index (χ1n) is 15.4. The van der Waals surface area contributed by atoms with Gasteiger partial charge in [-0.05, 0) is 86.8 Å². The minimum atomic E-state index is -5.04. The molecule has 6 rings (SSSR count). The Balaban J connectivity index is 1.38. The summed E-state index contributed by atoms with van der Waals surface area (Å²) < 4.78 is 103. The van der Waals surface area contributed by atoms with Crippen LogP contribution in [0.25, 0.3) is 5.70 Å². The van der Waals surface area contributed by atoms with E-state index >= 15 is 0 Å². The van der Waals surface area contributed by atoms with Crippen LogP contribution in [0.5, 0.6) is 0 Å². The maximum absolute atomic E-state index is 14.4. The molecular weight excluding hydrogens is 619 g/mol. The predicted octanol–water partition coefficient (Wildman–Crippen LogP) is 5.87. The van der Waals surface area contributed by atoms with E-state index in [0.717, 1.165) is 25.9 Å². The molecule has 0 spiro atoms. The number of nitroso groups, excluding NO2 is 1. The molecule has 2 fully saturated rings. The van der Waals surface area contributed by atoms with Crippen molar-refractivity contribution in [2.24, 2.45) is 0 Å². The summed E-state index contributed by atoms with van der Waals surface area (Å²) in [6, 6.07) is 5.75. The van der Waals surface area contributed by atoms with Gasteiger partial charge >= 0.3 is 12.4 Å². The van der Waals surface area contributed by atoms with Gasteiger partial charge in [0.2, 0.25) is 6.04 Å². The lowest BCUT2D eigenvalue weighted by Crippen LogP contribution is -2.51. The molecule has 0 aromatic heterocycles. The molecule has 2 saturated heterocycles. The first kappa shape index (κ1) is 32.5. The highest BCUT2D eigenvalue weighted by Gasteiger charge is 2.44.